The van der Waals surface area contributed by atoms with Gasteiger partial charge in [0.05, 0.1) is 12.3 Å². The molecule has 0 saturated carbocycles. The molecule has 4 heterocycles. The number of fused-ring (bicyclic) bond motifs is 1. The third-order valence-electron chi connectivity index (χ3n) is 5.87. The van der Waals surface area contributed by atoms with Crippen molar-refractivity contribution < 1.29 is 4.74 Å². The fraction of sp³-hybridized carbons (Fsp3) is 0.333. The van der Waals surface area contributed by atoms with Gasteiger partial charge in [0, 0.05) is 37.1 Å². The fourth-order valence-corrected chi connectivity index (χ4v) is 4.40. The first kappa shape index (κ1) is 17.4. The van der Waals surface area contributed by atoms with Crippen LogP contribution in [0.4, 0.5) is 0 Å². The minimum Gasteiger partial charge on any atom is -0.491 e. The molecule has 4 heteroatoms. The van der Waals surface area contributed by atoms with Gasteiger partial charge in [0.2, 0.25) is 0 Å². The predicted octanol–water partition coefficient (Wildman–Crippen LogP) is 4.72. The van der Waals surface area contributed by atoms with Gasteiger partial charge >= 0.3 is 0 Å². The number of pyridine rings is 2. The Kier molecular flexibility index (Phi) is 4.57. The van der Waals surface area contributed by atoms with E-state index in [1.807, 2.05) is 13.1 Å². The summed E-state index contributed by atoms with van der Waals surface area (Å²) in [6, 6.07) is 15.8. The Hall–Kier alpha value is -2.72. The lowest BCUT2D eigenvalue weighted by molar-refractivity contribution is 0.247. The SMILES string of the molecule is Cc1cc(-c2ccc(CN3CCC[C@@H]3c3cnc4c(c3)OCC4)cc2)ccn1. The van der Waals surface area contributed by atoms with E-state index >= 15 is 0 Å². The Morgan fingerprint density at radius 1 is 1.07 bits per heavy atom. The van der Waals surface area contributed by atoms with E-state index in [0.29, 0.717) is 6.04 Å². The minimum atomic E-state index is 0.435. The van der Waals surface area contributed by atoms with Gasteiger partial charge in [-0.25, -0.2) is 0 Å². The Bertz CT molecular complexity index is 983. The number of rotatable bonds is 4. The van der Waals surface area contributed by atoms with E-state index in [1.54, 1.807) is 0 Å². The van der Waals surface area contributed by atoms with Crippen LogP contribution in [-0.2, 0) is 13.0 Å². The molecule has 0 unspecified atom stereocenters. The van der Waals surface area contributed by atoms with Gasteiger partial charge in [-0.2, -0.15) is 0 Å². The lowest BCUT2D eigenvalue weighted by atomic mass is 10.0. The highest BCUT2D eigenvalue weighted by atomic mass is 16.5. The smallest absolute Gasteiger partial charge is 0.141 e. The molecule has 142 valence electrons. The van der Waals surface area contributed by atoms with E-state index in [0.717, 1.165) is 43.3 Å². The molecule has 1 saturated heterocycles. The van der Waals surface area contributed by atoms with E-state index in [2.05, 4.69) is 63.5 Å². The zero-order valence-corrected chi connectivity index (χ0v) is 16.3. The topological polar surface area (TPSA) is 38.2 Å². The zero-order chi connectivity index (χ0) is 18.9. The van der Waals surface area contributed by atoms with Crippen molar-refractivity contribution in [3.63, 3.8) is 0 Å². The van der Waals surface area contributed by atoms with Crippen molar-refractivity contribution in [3.05, 3.63) is 77.4 Å². The summed E-state index contributed by atoms with van der Waals surface area (Å²) in [5.74, 6) is 0.987. The van der Waals surface area contributed by atoms with Gasteiger partial charge in [0.25, 0.3) is 0 Å². The maximum atomic E-state index is 5.73. The summed E-state index contributed by atoms with van der Waals surface area (Å²) < 4.78 is 5.73. The number of likely N-dealkylation sites (tertiary alicyclic amines) is 1. The molecular weight excluding hydrogens is 346 g/mol. The highest BCUT2D eigenvalue weighted by Gasteiger charge is 2.27. The first-order chi connectivity index (χ1) is 13.8. The largest absolute Gasteiger partial charge is 0.491 e. The Balaban J connectivity index is 1.32. The summed E-state index contributed by atoms with van der Waals surface area (Å²) in [4.78, 5) is 11.5. The van der Waals surface area contributed by atoms with Crippen LogP contribution >= 0.6 is 0 Å². The van der Waals surface area contributed by atoms with Gasteiger partial charge in [0.15, 0.2) is 0 Å². The third-order valence-corrected chi connectivity index (χ3v) is 5.87. The molecule has 1 fully saturated rings. The Morgan fingerprint density at radius 2 is 1.96 bits per heavy atom. The number of benzene rings is 1. The van der Waals surface area contributed by atoms with Crippen LogP contribution in [0.2, 0.25) is 0 Å². The van der Waals surface area contributed by atoms with E-state index < -0.39 is 0 Å². The maximum absolute atomic E-state index is 5.73. The van der Waals surface area contributed by atoms with Crippen molar-refractivity contribution in [2.45, 2.75) is 38.8 Å². The molecule has 2 aromatic heterocycles. The molecule has 0 aliphatic carbocycles. The second-order valence-electron chi connectivity index (χ2n) is 7.82. The fourth-order valence-electron chi connectivity index (χ4n) is 4.40. The molecule has 0 spiro atoms. The molecule has 3 aromatic rings. The quantitative estimate of drug-likeness (QED) is 0.665. The Morgan fingerprint density at radius 3 is 2.82 bits per heavy atom. The Labute approximate surface area is 166 Å². The normalized spacial score (nSPS) is 18.8. The number of aryl methyl sites for hydroxylation is 1. The standard InChI is InChI=1S/C24H25N3O/c1-17-13-20(8-10-25-17)19-6-4-18(5-7-19)16-27-11-2-3-23(27)21-14-24-22(26-15-21)9-12-28-24/h4-8,10,13-15,23H,2-3,9,11-12,16H2,1H3/t23-/m1/s1. The third kappa shape index (κ3) is 3.40. The van der Waals surface area contributed by atoms with Crippen LogP contribution in [0.15, 0.2) is 54.9 Å². The lowest BCUT2D eigenvalue weighted by Crippen LogP contribution is -2.22. The summed E-state index contributed by atoms with van der Waals surface area (Å²) in [6.07, 6.45) is 7.30. The summed E-state index contributed by atoms with van der Waals surface area (Å²) in [6.45, 7) is 4.90. The predicted molar refractivity (Wildman–Crippen MR) is 110 cm³/mol. The van der Waals surface area contributed by atoms with Gasteiger partial charge in [-0.1, -0.05) is 24.3 Å². The summed E-state index contributed by atoms with van der Waals surface area (Å²) in [5.41, 5.74) is 7.27. The van der Waals surface area contributed by atoms with Crippen LogP contribution in [0.3, 0.4) is 0 Å². The highest BCUT2D eigenvalue weighted by Crippen LogP contribution is 2.36. The van der Waals surface area contributed by atoms with Crippen LogP contribution in [-0.4, -0.2) is 28.0 Å². The average molecular weight is 371 g/mol. The van der Waals surface area contributed by atoms with Crippen molar-refractivity contribution in [3.8, 4) is 16.9 Å². The van der Waals surface area contributed by atoms with Crippen LogP contribution in [0.1, 0.15) is 41.4 Å². The molecule has 1 atom stereocenters. The van der Waals surface area contributed by atoms with Gasteiger partial charge in [-0.05, 0) is 66.8 Å². The average Bonchev–Trinajstić information content (AvgIpc) is 3.37. The van der Waals surface area contributed by atoms with Crippen molar-refractivity contribution in [1.29, 1.82) is 0 Å². The number of nitrogens with zero attached hydrogens (tertiary/aromatic N) is 3. The second-order valence-corrected chi connectivity index (χ2v) is 7.82. The number of ether oxygens (including phenoxy) is 1. The van der Waals surface area contributed by atoms with Gasteiger partial charge < -0.3 is 4.74 Å². The first-order valence-electron chi connectivity index (χ1n) is 10.1. The van der Waals surface area contributed by atoms with E-state index in [4.69, 9.17) is 4.74 Å². The van der Waals surface area contributed by atoms with Crippen molar-refractivity contribution >= 4 is 0 Å². The molecule has 0 bridgehead atoms. The maximum Gasteiger partial charge on any atom is 0.141 e. The molecule has 0 N–H and O–H groups in total. The van der Waals surface area contributed by atoms with Gasteiger partial charge in [-0.15, -0.1) is 0 Å². The highest BCUT2D eigenvalue weighted by molar-refractivity contribution is 5.63. The summed E-state index contributed by atoms with van der Waals surface area (Å²) in [7, 11) is 0. The number of hydrogen-bond acceptors (Lipinski definition) is 4. The number of hydrogen-bond donors (Lipinski definition) is 0. The minimum absolute atomic E-state index is 0.435. The van der Waals surface area contributed by atoms with Crippen LogP contribution in [0, 0.1) is 6.92 Å². The molecule has 2 aliphatic rings. The molecule has 5 rings (SSSR count). The van der Waals surface area contributed by atoms with Crippen LogP contribution < -0.4 is 4.74 Å². The molecule has 0 amide bonds. The van der Waals surface area contributed by atoms with Crippen molar-refractivity contribution in [1.82, 2.24) is 14.9 Å². The van der Waals surface area contributed by atoms with Crippen LogP contribution in [0.5, 0.6) is 5.75 Å². The van der Waals surface area contributed by atoms with Crippen LogP contribution in [0.25, 0.3) is 11.1 Å². The first-order valence-corrected chi connectivity index (χ1v) is 10.1. The van der Waals surface area contributed by atoms with Gasteiger partial charge in [0.1, 0.15) is 5.75 Å². The molecule has 2 aliphatic heterocycles. The summed E-state index contributed by atoms with van der Waals surface area (Å²) in [5, 5.41) is 0. The molecule has 4 nitrogen and oxygen atoms in total. The molecule has 28 heavy (non-hydrogen) atoms. The number of aromatic nitrogens is 2. The van der Waals surface area contributed by atoms with Gasteiger partial charge in [-0.3, -0.25) is 14.9 Å². The second kappa shape index (κ2) is 7.36. The van der Waals surface area contributed by atoms with E-state index in [9.17, 15) is 0 Å². The zero-order valence-electron chi connectivity index (χ0n) is 16.3. The monoisotopic (exact) mass is 371 g/mol. The van der Waals surface area contributed by atoms with Crippen molar-refractivity contribution in [2.24, 2.45) is 0 Å². The molecular formula is C24H25N3O. The molecule has 1 aromatic carbocycles. The van der Waals surface area contributed by atoms with E-state index in [-0.39, 0.29) is 0 Å². The lowest BCUT2D eigenvalue weighted by Gasteiger charge is -2.25. The summed E-state index contributed by atoms with van der Waals surface area (Å²) >= 11 is 0. The molecule has 0 radical (unpaired) electrons. The van der Waals surface area contributed by atoms with E-state index in [1.165, 1.54) is 35.1 Å². The van der Waals surface area contributed by atoms with Crippen molar-refractivity contribution in [2.75, 3.05) is 13.2 Å².